The third-order valence-electron chi connectivity index (χ3n) is 3.06. The van der Waals surface area contributed by atoms with Crippen LogP contribution in [-0.4, -0.2) is 11.5 Å². The van der Waals surface area contributed by atoms with Crippen LogP contribution in [0.2, 0.25) is 5.02 Å². The molecule has 0 saturated carbocycles. The Bertz CT molecular complexity index is 612. The Hall–Kier alpha value is -1.59. The molecule has 0 aliphatic rings. The van der Waals surface area contributed by atoms with Crippen molar-refractivity contribution >= 4 is 34.3 Å². The zero-order chi connectivity index (χ0) is 14.8. The molecule has 0 aliphatic heterocycles. The fraction of sp³-hybridized carbons (Fsp3) is 0.286. The van der Waals surface area contributed by atoms with Crippen molar-refractivity contribution in [1.82, 2.24) is 0 Å². The highest BCUT2D eigenvalue weighted by Gasteiger charge is 2.23. The molecular formula is C14H15ClN2O2S. The Morgan fingerprint density at radius 3 is 2.75 bits per heavy atom. The molecule has 2 rings (SSSR count). The van der Waals surface area contributed by atoms with E-state index in [-0.39, 0.29) is 11.1 Å². The maximum atomic E-state index is 11.0. The van der Waals surface area contributed by atoms with Crippen LogP contribution < -0.4 is 5.32 Å². The zero-order valence-electron chi connectivity index (χ0n) is 11.2. The second-order valence-electron chi connectivity index (χ2n) is 5.13. The van der Waals surface area contributed by atoms with Crippen molar-refractivity contribution in [3.8, 4) is 0 Å². The first-order valence-corrected chi connectivity index (χ1v) is 7.38. The quantitative estimate of drug-likeness (QED) is 0.643. The fourth-order valence-electron chi connectivity index (χ4n) is 1.88. The smallest absolute Gasteiger partial charge is 0.292 e. The van der Waals surface area contributed by atoms with E-state index in [2.05, 4.69) is 25.2 Å². The molecule has 0 atom stereocenters. The number of rotatable bonds is 5. The third-order valence-corrected chi connectivity index (χ3v) is 4.54. The number of hydrogen-bond acceptors (Lipinski definition) is 4. The van der Waals surface area contributed by atoms with Crippen LogP contribution in [0, 0.1) is 10.1 Å². The summed E-state index contributed by atoms with van der Waals surface area (Å²) in [5.41, 5.74) is 0.383. The van der Waals surface area contributed by atoms with E-state index in [9.17, 15) is 10.1 Å². The highest BCUT2D eigenvalue weighted by atomic mass is 35.5. The summed E-state index contributed by atoms with van der Waals surface area (Å²) in [6, 6.07) is 8.60. The molecule has 0 amide bonds. The standard InChI is InChI=1S/C14H15ClN2O2S/c1-14(2,13-4-3-7-20-13)9-16-11-8-10(15)5-6-12(11)17(18)19/h3-8,16H,9H2,1-2H3. The average Bonchev–Trinajstić information content (AvgIpc) is 2.90. The first-order chi connectivity index (χ1) is 9.40. The van der Waals surface area contributed by atoms with Gasteiger partial charge in [-0.1, -0.05) is 31.5 Å². The van der Waals surface area contributed by atoms with E-state index in [1.807, 2.05) is 11.4 Å². The van der Waals surface area contributed by atoms with Crippen LogP contribution in [0.5, 0.6) is 0 Å². The second-order valence-corrected chi connectivity index (χ2v) is 6.52. The van der Waals surface area contributed by atoms with Gasteiger partial charge in [0, 0.05) is 27.9 Å². The average molecular weight is 311 g/mol. The lowest BCUT2D eigenvalue weighted by Gasteiger charge is -2.24. The Morgan fingerprint density at radius 1 is 1.40 bits per heavy atom. The van der Waals surface area contributed by atoms with Crippen molar-refractivity contribution in [2.75, 3.05) is 11.9 Å². The van der Waals surface area contributed by atoms with Gasteiger partial charge in [-0.05, 0) is 23.6 Å². The minimum Gasteiger partial charge on any atom is -0.379 e. The molecule has 6 heteroatoms. The summed E-state index contributed by atoms with van der Waals surface area (Å²) in [5, 5.41) is 16.7. The monoisotopic (exact) mass is 310 g/mol. The van der Waals surface area contributed by atoms with Gasteiger partial charge in [0.05, 0.1) is 4.92 Å². The van der Waals surface area contributed by atoms with Gasteiger partial charge in [0.15, 0.2) is 0 Å². The van der Waals surface area contributed by atoms with E-state index in [0.717, 1.165) is 0 Å². The van der Waals surface area contributed by atoms with Gasteiger partial charge in [0.25, 0.3) is 5.69 Å². The molecule has 1 N–H and O–H groups in total. The summed E-state index contributed by atoms with van der Waals surface area (Å²) in [6.45, 7) is 4.79. The first kappa shape index (κ1) is 14.8. The van der Waals surface area contributed by atoms with Gasteiger partial charge in [0.1, 0.15) is 5.69 Å². The molecule has 1 aromatic heterocycles. The lowest BCUT2D eigenvalue weighted by atomic mass is 9.91. The van der Waals surface area contributed by atoms with Crippen molar-refractivity contribution in [2.45, 2.75) is 19.3 Å². The van der Waals surface area contributed by atoms with Crippen molar-refractivity contribution in [3.63, 3.8) is 0 Å². The minimum absolute atomic E-state index is 0.0383. The summed E-state index contributed by atoms with van der Waals surface area (Å²) in [5.74, 6) is 0. The number of thiophene rings is 1. The van der Waals surface area contributed by atoms with Crippen molar-refractivity contribution in [3.05, 3.63) is 55.7 Å². The van der Waals surface area contributed by atoms with Crippen molar-refractivity contribution in [2.24, 2.45) is 0 Å². The zero-order valence-corrected chi connectivity index (χ0v) is 12.8. The summed E-state index contributed by atoms with van der Waals surface area (Å²) in [7, 11) is 0. The van der Waals surface area contributed by atoms with Crippen LogP contribution in [-0.2, 0) is 5.41 Å². The SMILES string of the molecule is CC(C)(CNc1cc(Cl)ccc1[N+](=O)[O-])c1cccs1. The van der Waals surface area contributed by atoms with Gasteiger partial charge in [-0.15, -0.1) is 11.3 Å². The van der Waals surface area contributed by atoms with Crippen LogP contribution >= 0.6 is 22.9 Å². The molecule has 2 aromatic rings. The summed E-state index contributed by atoms with van der Waals surface area (Å²) in [6.07, 6.45) is 0. The maximum absolute atomic E-state index is 11.0. The van der Waals surface area contributed by atoms with Crippen molar-refractivity contribution < 1.29 is 4.92 Å². The van der Waals surface area contributed by atoms with Crippen molar-refractivity contribution in [1.29, 1.82) is 0 Å². The second kappa shape index (κ2) is 5.81. The molecule has 0 fully saturated rings. The normalized spacial score (nSPS) is 11.3. The Kier molecular flexibility index (Phi) is 4.30. The molecule has 20 heavy (non-hydrogen) atoms. The molecule has 0 saturated heterocycles. The number of nitro groups is 1. The van der Waals surface area contributed by atoms with E-state index in [4.69, 9.17) is 11.6 Å². The largest absolute Gasteiger partial charge is 0.379 e. The van der Waals surface area contributed by atoms with Gasteiger partial charge in [-0.3, -0.25) is 10.1 Å². The Balaban J connectivity index is 2.19. The first-order valence-electron chi connectivity index (χ1n) is 6.12. The van der Waals surface area contributed by atoms with Gasteiger partial charge in [-0.2, -0.15) is 0 Å². The molecule has 1 heterocycles. The lowest BCUT2D eigenvalue weighted by Crippen LogP contribution is -2.26. The molecule has 4 nitrogen and oxygen atoms in total. The molecule has 0 spiro atoms. The van der Waals surface area contributed by atoms with Gasteiger partial charge in [0.2, 0.25) is 0 Å². The molecular weight excluding hydrogens is 296 g/mol. The van der Waals surface area contributed by atoms with E-state index in [0.29, 0.717) is 17.3 Å². The summed E-state index contributed by atoms with van der Waals surface area (Å²) in [4.78, 5) is 11.8. The minimum atomic E-state index is -0.406. The summed E-state index contributed by atoms with van der Waals surface area (Å²) >= 11 is 7.59. The van der Waals surface area contributed by atoms with Crippen LogP contribution in [0.25, 0.3) is 0 Å². The van der Waals surface area contributed by atoms with Crippen LogP contribution in [0.4, 0.5) is 11.4 Å². The number of anilines is 1. The number of nitrogens with one attached hydrogen (secondary N) is 1. The van der Waals surface area contributed by atoms with Crippen LogP contribution in [0.15, 0.2) is 35.7 Å². The predicted octanol–water partition coefficient (Wildman–Crippen LogP) is 4.70. The molecule has 0 aliphatic carbocycles. The number of nitrogens with zero attached hydrogens (tertiary/aromatic N) is 1. The topological polar surface area (TPSA) is 55.2 Å². The summed E-state index contributed by atoms with van der Waals surface area (Å²) < 4.78 is 0. The Morgan fingerprint density at radius 2 is 2.15 bits per heavy atom. The van der Waals surface area contributed by atoms with E-state index in [1.54, 1.807) is 17.4 Å². The number of halogens is 1. The molecule has 0 radical (unpaired) electrons. The van der Waals surface area contributed by atoms with Gasteiger partial charge in [-0.25, -0.2) is 0 Å². The molecule has 0 unspecified atom stereocenters. The Labute approximate surface area is 126 Å². The lowest BCUT2D eigenvalue weighted by molar-refractivity contribution is -0.384. The third kappa shape index (κ3) is 3.29. The molecule has 106 valence electrons. The van der Waals surface area contributed by atoms with Crippen LogP contribution in [0.3, 0.4) is 0 Å². The molecule has 1 aromatic carbocycles. The number of nitro benzene ring substituents is 1. The molecule has 0 bridgehead atoms. The number of hydrogen-bond donors (Lipinski definition) is 1. The number of benzene rings is 1. The highest BCUT2D eigenvalue weighted by molar-refractivity contribution is 7.10. The van der Waals surface area contributed by atoms with Crippen LogP contribution in [0.1, 0.15) is 18.7 Å². The van der Waals surface area contributed by atoms with Gasteiger partial charge < -0.3 is 5.32 Å². The highest BCUT2D eigenvalue weighted by Crippen LogP contribution is 2.31. The maximum Gasteiger partial charge on any atom is 0.292 e. The van der Waals surface area contributed by atoms with E-state index in [1.165, 1.54) is 17.0 Å². The van der Waals surface area contributed by atoms with E-state index >= 15 is 0 Å². The fourth-order valence-corrected chi connectivity index (χ4v) is 2.90. The van der Waals surface area contributed by atoms with E-state index < -0.39 is 4.92 Å². The van der Waals surface area contributed by atoms with Gasteiger partial charge >= 0.3 is 0 Å². The predicted molar refractivity (Wildman–Crippen MR) is 83.9 cm³/mol.